The molecule has 1 aliphatic carbocycles. The maximum absolute atomic E-state index is 12.4. The second-order valence-electron chi connectivity index (χ2n) is 5.97. The smallest absolute Gasteiger partial charge is 0.140 e. The molecule has 0 aromatic heterocycles. The van der Waals surface area contributed by atoms with E-state index in [1.165, 1.54) is 12.0 Å². The summed E-state index contributed by atoms with van der Waals surface area (Å²) in [6.45, 7) is 2.17. The molecule has 1 aliphatic heterocycles. The minimum Gasteiger partial charge on any atom is -0.306 e. The molecule has 1 aromatic rings. The summed E-state index contributed by atoms with van der Waals surface area (Å²) in [5.41, 5.74) is 1.18. The maximum atomic E-state index is 12.4. The summed E-state index contributed by atoms with van der Waals surface area (Å²) < 4.78 is 0. The highest BCUT2D eigenvalue weighted by Crippen LogP contribution is 2.45. The molecule has 1 N–H and O–H groups in total. The number of hydrogen-bond acceptors (Lipinski definition) is 2. The van der Waals surface area contributed by atoms with E-state index in [1.807, 2.05) is 6.07 Å². The van der Waals surface area contributed by atoms with Crippen molar-refractivity contribution in [3.63, 3.8) is 0 Å². The summed E-state index contributed by atoms with van der Waals surface area (Å²) in [6.07, 6.45) is 5.13. The zero-order chi connectivity index (χ0) is 12.6. The number of carbonyl (C=O) groups excluding carboxylic acids is 1. The van der Waals surface area contributed by atoms with Gasteiger partial charge in [0.25, 0.3) is 0 Å². The molecule has 1 saturated carbocycles. The molecular formula is C16H21NO. The normalized spacial score (nSPS) is 36.2. The van der Waals surface area contributed by atoms with Crippen LogP contribution in [0.5, 0.6) is 0 Å². The molecule has 3 atom stereocenters. The molecule has 1 heterocycles. The first-order valence-electron chi connectivity index (χ1n) is 7.04. The number of hydrogen-bond donors (Lipinski definition) is 1. The van der Waals surface area contributed by atoms with Gasteiger partial charge in [-0.3, -0.25) is 4.79 Å². The average molecular weight is 243 g/mol. The van der Waals surface area contributed by atoms with Gasteiger partial charge in [-0.05, 0) is 24.8 Å². The van der Waals surface area contributed by atoms with Crippen molar-refractivity contribution in [2.45, 2.75) is 51.1 Å². The van der Waals surface area contributed by atoms with E-state index in [2.05, 4.69) is 36.5 Å². The van der Waals surface area contributed by atoms with Gasteiger partial charge in [-0.15, -0.1) is 0 Å². The topological polar surface area (TPSA) is 29.1 Å². The Hall–Kier alpha value is -1.15. The predicted molar refractivity (Wildman–Crippen MR) is 72.3 cm³/mol. The van der Waals surface area contributed by atoms with Crippen LogP contribution in [0, 0.1) is 5.41 Å². The van der Waals surface area contributed by atoms with Crippen LogP contribution in [0.3, 0.4) is 0 Å². The highest BCUT2D eigenvalue weighted by Gasteiger charge is 2.48. The van der Waals surface area contributed by atoms with Gasteiger partial charge in [0.15, 0.2) is 0 Å². The van der Waals surface area contributed by atoms with Gasteiger partial charge >= 0.3 is 0 Å². The number of rotatable bonds is 1. The van der Waals surface area contributed by atoms with E-state index in [0.717, 1.165) is 25.7 Å². The molecule has 2 nitrogen and oxygen atoms in total. The summed E-state index contributed by atoms with van der Waals surface area (Å²) in [4.78, 5) is 12.4. The van der Waals surface area contributed by atoms with Crippen molar-refractivity contribution in [3.05, 3.63) is 35.9 Å². The Morgan fingerprint density at radius 1 is 1.22 bits per heavy atom. The Labute approximate surface area is 109 Å². The average Bonchev–Trinajstić information content (AvgIpc) is 2.68. The van der Waals surface area contributed by atoms with Crippen molar-refractivity contribution in [2.75, 3.05) is 0 Å². The summed E-state index contributed by atoms with van der Waals surface area (Å²) in [6, 6.07) is 11.3. The zero-order valence-electron chi connectivity index (χ0n) is 11.0. The lowest BCUT2D eigenvalue weighted by Crippen LogP contribution is -2.39. The van der Waals surface area contributed by atoms with Gasteiger partial charge in [-0.25, -0.2) is 0 Å². The molecule has 96 valence electrons. The molecule has 3 rings (SSSR count). The third kappa shape index (κ3) is 1.89. The van der Waals surface area contributed by atoms with Crippen LogP contribution in [0.4, 0.5) is 0 Å². The van der Waals surface area contributed by atoms with Crippen LogP contribution in [0.25, 0.3) is 0 Å². The van der Waals surface area contributed by atoms with E-state index in [-0.39, 0.29) is 5.41 Å². The Balaban J connectivity index is 1.86. The molecule has 1 saturated heterocycles. The Morgan fingerprint density at radius 2 is 2.00 bits per heavy atom. The molecule has 0 radical (unpaired) electrons. The maximum Gasteiger partial charge on any atom is 0.140 e. The van der Waals surface area contributed by atoms with E-state index < -0.39 is 0 Å². The largest absolute Gasteiger partial charge is 0.306 e. The van der Waals surface area contributed by atoms with Gasteiger partial charge in [-0.2, -0.15) is 0 Å². The van der Waals surface area contributed by atoms with Crippen molar-refractivity contribution >= 4 is 5.78 Å². The first kappa shape index (κ1) is 11.9. The lowest BCUT2D eigenvalue weighted by molar-refractivity contribution is -0.127. The lowest BCUT2D eigenvalue weighted by Gasteiger charge is -2.26. The lowest BCUT2D eigenvalue weighted by atomic mass is 9.76. The first-order chi connectivity index (χ1) is 8.70. The summed E-state index contributed by atoms with van der Waals surface area (Å²) in [5.74, 6) is 0.468. The van der Waals surface area contributed by atoms with Crippen molar-refractivity contribution in [2.24, 2.45) is 5.41 Å². The van der Waals surface area contributed by atoms with Crippen LogP contribution in [0.15, 0.2) is 30.3 Å². The Morgan fingerprint density at radius 3 is 2.78 bits per heavy atom. The van der Waals surface area contributed by atoms with Crippen LogP contribution >= 0.6 is 0 Å². The van der Waals surface area contributed by atoms with Gasteiger partial charge in [0.2, 0.25) is 0 Å². The van der Waals surface area contributed by atoms with E-state index in [4.69, 9.17) is 0 Å². The van der Waals surface area contributed by atoms with E-state index in [1.54, 1.807) is 0 Å². The molecular weight excluding hydrogens is 222 g/mol. The number of nitrogens with one attached hydrogen (secondary N) is 1. The SMILES string of the molecule is C[C@@]12C[C@H](c3ccccc3)N[C@@H]1CCCCC2=O. The highest BCUT2D eigenvalue weighted by molar-refractivity contribution is 5.86. The van der Waals surface area contributed by atoms with Crippen LogP contribution in [0.1, 0.15) is 50.6 Å². The fraction of sp³-hybridized carbons (Fsp3) is 0.562. The number of benzene rings is 1. The Kier molecular flexibility index (Phi) is 2.98. The summed E-state index contributed by atoms with van der Waals surface area (Å²) >= 11 is 0. The van der Waals surface area contributed by atoms with Gasteiger partial charge in [-0.1, -0.05) is 43.7 Å². The molecule has 2 aliphatic rings. The van der Waals surface area contributed by atoms with Crippen molar-refractivity contribution in [3.8, 4) is 0 Å². The molecule has 2 fully saturated rings. The predicted octanol–water partition coefficient (Wildman–Crippen LogP) is 3.24. The highest BCUT2D eigenvalue weighted by atomic mass is 16.1. The second kappa shape index (κ2) is 4.51. The fourth-order valence-corrected chi connectivity index (χ4v) is 3.58. The molecule has 0 bridgehead atoms. The monoisotopic (exact) mass is 243 g/mol. The van der Waals surface area contributed by atoms with Gasteiger partial charge in [0.1, 0.15) is 5.78 Å². The quantitative estimate of drug-likeness (QED) is 0.820. The van der Waals surface area contributed by atoms with Crippen LogP contribution in [-0.2, 0) is 4.79 Å². The van der Waals surface area contributed by atoms with Gasteiger partial charge in [0, 0.05) is 23.9 Å². The summed E-state index contributed by atoms with van der Waals surface area (Å²) in [7, 11) is 0. The van der Waals surface area contributed by atoms with Crippen molar-refractivity contribution in [1.82, 2.24) is 5.32 Å². The minimum absolute atomic E-state index is 0.142. The van der Waals surface area contributed by atoms with E-state index >= 15 is 0 Å². The standard InChI is InChI=1S/C16H21NO/c1-16-11-13(12-7-3-2-4-8-12)17-14(16)9-5-6-10-15(16)18/h2-4,7-8,13-14,17H,5-6,9-11H2,1H3/t13-,14-,16-/m1/s1. The molecule has 0 amide bonds. The summed E-state index contributed by atoms with van der Waals surface area (Å²) in [5, 5.41) is 3.70. The van der Waals surface area contributed by atoms with Crippen molar-refractivity contribution < 1.29 is 4.79 Å². The van der Waals surface area contributed by atoms with Crippen molar-refractivity contribution in [1.29, 1.82) is 0 Å². The third-order valence-corrected chi connectivity index (χ3v) is 4.79. The molecule has 18 heavy (non-hydrogen) atoms. The van der Waals surface area contributed by atoms with Gasteiger partial charge < -0.3 is 5.32 Å². The third-order valence-electron chi connectivity index (χ3n) is 4.79. The molecule has 0 unspecified atom stereocenters. The number of fused-ring (bicyclic) bond motifs is 1. The molecule has 2 heteroatoms. The van der Waals surface area contributed by atoms with Crippen LogP contribution in [0.2, 0.25) is 0 Å². The zero-order valence-corrected chi connectivity index (χ0v) is 11.0. The minimum atomic E-state index is -0.142. The van der Waals surface area contributed by atoms with E-state index in [0.29, 0.717) is 17.9 Å². The molecule has 0 spiro atoms. The number of ketones is 1. The number of carbonyl (C=O) groups is 1. The Bertz CT molecular complexity index is 442. The second-order valence-corrected chi connectivity index (χ2v) is 5.97. The van der Waals surface area contributed by atoms with Crippen LogP contribution < -0.4 is 5.32 Å². The number of Topliss-reactive ketones (excluding diaryl/α,β-unsaturated/α-hetero) is 1. The van der Waals surface area contributed by atoms with E-state index in [9.17, 15) is 4.79 Å². The van der Waals surface area contributed by atoms with Gasteiger partial charge in [0.05, 0.1) is 0 Å². The fourth-order valence-electron chi connectivity index (χ4n) is 3.58. The molecule has 1 aromatic carbocycles. The first-order valence-corrected chi connectivity index (χ1v) is 7.04. The van der Waals surface area contributed by atoms with Crippen LogP contribution in [-0.4, -0.2) is 11.8 Å².